The number of carbonyl (C=O) groups is 2. The molecule has 7 heteroatoms. The molecule has 1 aromatic carbocycles. The maximum absolute atomic E-state index is 12.5. The Balaban J connectivity index is 1.91. The number of hydrogen-bond donors (Lipinski definition) is 2. The Kier molecular flexibility index (Phi) is 3.54. The smallest absolute Gasteiger partial charge is 0.326 e. The van der Waals surface area contributed by atoms with Crippen molar-refractivity contribution in [1.82, 2.24) is 14.7 Å². The molecule has 114 valence electrons. The lowest BCUT2D eigenvalue weighted by molar-refractivity contribution is -0.141. The predicted octanol–water partition coefficient (Wildman–Crippen LogP) is 1.27. The Hall–Kier alpha value is -2.83. The van der Waals surface area contributed by atoms with Gasteiger partial charge in [0, 0.05) is 6.54 Å². The summed E-state index contributed by atoms with van der Waals surface area (Å²) in [5.74, 6) is -1.85. The number of carboxylic acids is 1. The molecule has 22 heavy (non-hydrogen) atoms. The van der Waals surface area contributed by atoms with Crippen molar-refractivity contribution in [2.75, 3.05) is 6.54 Å². The highest BCUT2D eigenvalue weighted by Gasteiger charge is 2.36. The van der Waals surface area contributed by atoms with E-state index in [1.165, 1.54) is 15.8 Å². The van der Waals surface area contributed by atoms with Crippen LogP contribution in [0.4, 0.5) is 0 Å². The number of benzene rings is 1. The van der Waals surface area contributed by atoms with Gasteiger partial charge in [0.25, 0.3) is 5.91 Å². The van der Waals surface area contributed by atoms with E-state index in [1.54, 1.807) is 12.1 Å². The van der Waals surface area contributed by atoms with Crippen molar-refractivity contribution in [3.63, 3.8) is 0 Å². The van der Waals surface area contributed by atoms with Crippen LogP contribution in [0.3, 0.4) is 0 Å². The summed E-state index contributed by atoms with van der Waals surface area (Å²) < 4.78 is 1.40. The lowest BCUT2D eigenvalue weighted by Gasteiger charge is -2.20. The number of aliphatic carboxylic acids is 1. The van der Waals surface area contributed by atoms with Crippen LogP contribution in [0.5, 0.6) is 5.75 Å². The highest BCUT2D eigenvalue weighted by Crippen LogP contribution is 2.24. The molecule has 1 fully saturated rings. The van der Waals surface area contributed by atoms with Gasteiger partial charge in [0.15, 0.2) is 11.4 Å². The molecule has 1 saturated heterocycles. The van der Waals surface area contributed by atoms with E-state index in [-0.39, 0.29) is 11.4 Å². The Morgan fingerprint density at radius 1 is 1.23 bits per heavy atom. The fraction of sp³-hybridized carbons (Fsp3) is 0.267. The van der Waals surface area contributed by atoms with Crippen molar-refractivity contribution in [2.24, 2.45) is 0 Å². The van der Waals surface area contributed by atoms with E-state index in [1.807, 2.05) is 18.2 Å². The summed E-state index contributed by atoms with van der Waals surface area (Å²) in [6.45, 7) is 0.355. The second kappa shape index (κ2) is 5.51. The average molecular weight is 301 g/mol. The van der Waals surface area contributed by atoms with E-state index >= 15 is 0 Å². The number of hydrogen-bond acceptors (Lipinski definition) is 4. The molecule has 1 aliphatic rings. The summed E-state index contributed by atoms with van der Waals surface area (Å²) in [6, 6.07) is 8.20. The van der Waals surface area contributed by atoms with Crippen LogP contribution < -0.4 is 0 Å². The summed E-state index contributed by atoms with van der Waals surface area (Å²) in [7, 11) is 0. The van der Waals surface area contributed by atoms with Gasteiger partial charge in [-0.2, -0.15) is 5.10 Å². The summed E-state index contributed by atoms with van der Waals surface area (Å²) >= 11 is 0. The van der Waals surface area contributed by atoms with E-state index in [0.717, 1.165) is 0 Å². The van der Waals surface area contributed by atoms with Crippen LogP contribution in [0.25, 0.3) is 5.69 Å². The fourth-order valence-electron chi connectivity index (χ4n) is 2.63. The van der Waals surface area contributed by atoms with E-state index < -0.39 is 17.9 Å². The lowest BCUT2D eigenvalue weighted by Crippen LogP contribution is -2.40. The number of aromatic hydroxyl groups is 1. The van der Waals surface area contributed by atoms with Crippen LogP contribution >= 0.6 is 0 Å². The van der Waals surface area contributed by atoms with Gasteiger partial charge in [0.2, 0.25) is 0 Å². The molecule has 0 saturated carbocycles. The number of nitrogens with zero attached hydrogens (tertiary/aromatic N) is 3. The summed E-state index contributed by atoms with van der Waals surface area (Å²) in [5.41, 5.74) is 0.574. The third-order valence-corrected chi connectivity index (χ3v) is 3.72. The topological polar surface area (TPSA) is 95.7 Å². The van der Waals surface area contributed by atoms with Gasteiger partial charge in [0.05, 0.1) is 11.9 Å². The van der Waals surface area contributed by atoms with Crippen LogP contribution in [0.1, 0.15) is 23.3 Å². The van der Waals surface area contributed by atoms with Crippen molar-refractivity contribution in [2.45, 2.75) is 18.9 Å². The molecule has 0 radical (unpaired) electrons. The molecular weight excluding hydrogens is 286 g/mol. The van der Waals surface area contributed by atoms with Gasteiger partial charge in [-0.25, -0.2) is 9.48 Å². The quantitative estimate of drug-likeness (QED) is 0.890. The first-order valence-corrected chi connectivity index (χ1v) is 6.96. The Morgan fingerprint density at radius 3 is 2.64 bits per heavy atom. The fourth-order valence-corrected chi connectivity index (χ4v) is 2.63. The van der Waals surface area contributed by atoms with E-state index in [4.69, 9.17) is 5.11 Å². The zero-order valence-electron chi connectivity index (χ0n) is 11.7. The van der Waals surface area contributed by atoms with Crippen LogP contribution in [-0.4, -0.2) is 49.4 Å². The van der Waals surface area contributed by atoms with Gasteiger partial charge in [0.1, 0.15) is 6.04 Å². The predicted molar refractivity (Wildman–Crippen MR) is 76.9 cm³/mol. The molecule has 2 heterocycles. The van der Waals surface area contributed by atoms with Gasteiger partial charge in [-0.1, -0.05) is 18.2 Å². The molecule has 2 aromatic rings. The number of carboxylic acid groups (broad SMARTS) is 1. The highest BCUT2D eigenvalue weighted by atomic mass is 16.4. The third-order valence-electron chi connectivity index (χ3n) is 3.72. The molecule has 7 nitrogen and oxygen atoms in total. The summed E-state index contributed by atoms with van der Waals surface area (Å²) in [4.78, 5) is 24.9. The van der Waals surface area contributed by atoms with Crippen LogP contribution in [0.15, 0.2) is 36.5 Å². The summed E-state index contributed by atoms with van der Waals surface area (Å²) in [6.07, 6.45) is 2.39. The molecule has 0 unspecified atom stereocenters. The van der Waals surface area contributed by atoms with E-state index in [9.17, 15) is 14.7 Å². The van der Waals surface area contributed by atoms with Crippen molar-refractivity contribution in [3.8, 4) is 11.4 Å². The number of rotatable bonds is 3. The van der Waals surface area contributed by atoms with Gasteiger partial charge in [-0.15, -0.1) is 0 Å². The van der Waals surface area contributed by atoms with E-state index in [2.05, 4.69) is 5.10 Å². The van der Waals surface area contributed by atoms with Crippen molar-refractivity contribution < 1.29 is 19.8 Å². The zero-order valence-corrected chi connectivity index (χ0v) is 11.7. The normalized spacial score (nSPS) is 17.6. The zero-order chi connectivity index (χ0) is 15.7. The molecule has 0 spiro atoms. The van der Waals surface area contributed by atoms with Crippen molar-refractivity contribution in [3.05, 3.63) is 42.2 Å². The summed E-state index contributed by atoms with van der Waals surface area (Å²) in [5, 5.41) is 23.2. The number of para-hydroxylation sites is 1. The number of likely N-dealkylation sites (tertiary alicyclic amines) is 1. The molecule has 1 atom stereocenters. The molecule has 1 amide bonds. The largest absolute Gasteiger partial charge is 0.504 e. The van der Waals surface area contributed by atoms with Crippen LogP contribution in [0.2, 0.25) is 0 Å². The van der Waals surface area contributed by atoms with Gasteiger partial charge >= 0.3 is 5.97 Å². The molecule has 0 bridgehead atoms. The Bertz CT molecular complexity index is 711. The maximum Gasteiger partial charge on any atom is 0.326 e. The van der Waals surface area contributed by atoms with Crippen LogP contribution in [-0.2, 0) is 4.79 Å². The second-order valence-electron chi connectivity index (χ2n) is 5.14. The third kappa shape index (κ3) is 2.41. The van der Waals surface area contributed by atoms with Gasteiger partial charge in [-0.05, 0) is 25.0 Å². The Labute approximate surface area is 126 Å². The minimum Gasteiger partial charge on any atom is -0.504 e. The number of amides is 1. The minimum atomic E-state index is -1.03. The molecular formula is C15H15N3O4. The first-order valence-electron chi connectivity index (χ1n) is 6.96. The van der Waals surface area contributed by atoms with Crippen molar-refractivity contribution in [1.29, 1.82) is 0 Å². The Morgan fingerprint density at radius 2 is 1.95 bits per heavy atom. The monoisotopic (exact) mass is 301 g/mol. The number of aromatic nitrogens is 2. The molecule has 1 aliphatic heterocycles. The first-order chi connectivity index (χ1) is 10.6. The van der Waals surface area contributed by atoms with Gasteiger partial charge < -0.3 is 15.1 Å². The van der Waals surface area contributed by atoms with Gasteiger partial charge in [-0.3, -0.25) is 4.79 Å². The number of carbonyl (C=O) groups excluding carboxylic acids is 1. The average Bonchev–Trinajstić information content (AvgIpc) is 3.14. The van der Waals surface area contributed by atoms with E-state index in [0.29, 0.717) is 25.1 Å². The molecule has 3 rings (SSSR count). The first kappa shape index (κ1) is 14.1. The molecule has 1 aromatic heterocycles. The highest BCUT2D eigenvalue weighted by molar-refractivity contribution is 5.97. The SMILES string of the molecule is O=C(O)[C@@H]1CCCN1C(=O)c1nn(-c2ccccc2)cc1O. The maximum atomic E-state index is 12.5. The lowest BCUT2D eigenvalue weighted by atomic mass is 10.2. The van der Waals surface area contributed by atoms with Crippen molar-refractivity contribution >= 4 is 11.9 Å². The molecule has 0 aliphatic carbocycles. The molecule has 2 N–H and O–H groups in total. The minimum absolute atomic E-state index is 0.128. The van der Waals surface area contributed by atoms with Crippen LogP contribution in [0, 0.1) is 0 Å². The second-order valence-corrected chi connectivity index (χ2v) is 5.14. The standard InChI is InChI=1S/C15H15N3O4/c19-12-9-18(10-5-2-1-3-6-10)16-13(12)14(20)17-8-4-7-11(17)15(21)22/h1-3,5-6,9,11,19H,4,7-8H2,(H,21,22)/t11-/m0/s1.